The second kappa shape index (κ2) is 12.5. The van der Waals surface area contributed by atoms with Crippen molar-refractivity contribution in [3.8, 4) is 0 Å². The van der Waals surface area contributed by atoms with Crippen LogP contribution >= 0.6 is 0 Å². The van der Waals surface area contributed by atoms with Crippen LogP contribution in [0.4, 0.5) is 0 Å². The van der Waals surface area contributed by atoms with Crippen LogP contribution in [-0.4, -0.2) is 32.1 Å². The average Bonchev–Trinajstić information content (AvgIpc) is 3.16. The van der Waals surface area contributed by atoms with E-state index < -0.39 is 0 Å². The Morgan fingerprint density at radius 1 is 1.25 bits per heavy atom. The number of hydrogen-bond donors (Lipinski definition) is 0. The first-order valence-electron chi connectivity index (χ1n) is 10.5. The Balaban J connectivity index is 0.00000190. The van der Waals surface area contributed by atoms with E-state index in [0.29, 0.717) is 11.8 Å². The number of benzene rings is 1. The number of nitrogens with zero attached hydrogens (tertiary/aromatic N) is 2. The van der Waals surface area contributed by atoms with Crippen LogP contribution in [0, 0.1) is 16.7 Å². The van der Waals surface area contributed by atoms with Gasteiger partial charge in [-0.15, -0.1) is 0 Å². The van der Waals surface area contributed by atoms with Gasteiger partial charge in [0.15, 0.2) is 0 Å². The summed E-state index contributed by atoms with van der Waals surface area (Å²) in [4.78, 5) is 13.9. The summed E-state index contributed by atoms with van der Waals surface area (Å²) in [6.07, 6.45) is 11.5. The van der Waals surface area contributed by atoms with Crippen molar-refractivity contribution >= 4 is 0 Å². The van der Waals surface area contributed by atoms with Crippen molar-refractivity contribution in [2.24, 2.45) is 17.0 Å². The topological polar surface area (TPSA) is 32.7 Å². The Morgan fingerprint density at radius 3 is 2.46 bits per heavy atom. The second-order valence-corrected chi connectivity index (χ2v) is 7.62. The van der Waals surface area contributed by atoms with Crippen molar-refractivity contribution < 1.29 is 0 Å². The standard InChI is InChI=1S/C23H32N2O.C2H6/c1-5-10-20(11-6-2)23(18-24-26,21-12-8-7-9-13-21)22-15-14-19(16-22)17-25(3)4;1-2/h5-13,19,22H,1,14-18H2,2-4H3;1-2H3/b11-6-,20-10+;. The largest absolute Gasteiger partial charge is 0.309 e. The maximum absolute atomic E-state index is 11.6. The molecule has 1 fully saturated rings. The molecule has 28 heavy (non-hydrogen) atoms. The highest BCUT2D eigenvalue weighted by atomic mass is 16.3. The second-order valence-electron chi connectivity index (χ2n) is 7.62. The van der Waals surface area contributed by atoms with E-state index in [9.17, 15) is 4.91 Å². The van der Waals surface area contributed by atoms with Gasteiger partial charge in [-0.25, -0.2) is 0 Å². The lowest BCUT2D eigenvalue weighted by Gasteiger charge is -2.39. The molecular weight excluding hydrogens is 344 g/mol. The van der Waals surface area contributed by atoms with Crippen molar-refractivity contribution in [2.75, 3.05) is 27.2 Å². The lowest BCUT2D eigenvalue weighted by molar-refractivity contribution is 0.290. The fourth-order valence-corrected chi connectivity index (χ4v) is 4.65. The van der Waals surface area contributed by atoms with Crippen molar-refractivity contribution in [1.82, 2.24) is 4.90 Å². The molecule has 3 heteroatoms. The van der Waals surface area contributed by atoms with Crippen LogP contribution in [0.15, 0.2) is 72.0 Å². The van der Waals surface area contributed by atoms with Gasteiger partial charge in [0.05, 0.1) is 6.54 Å². The molecule has 0 heterocycles. The Bertz CT molecular complexity index is 648. The summed E-state index contributed by atoms with van der Waals surface area (Å²) in [5.74, 6) is 1.07. The third kappa shape index (κ3) is 5.75. The van der Waals surface area contributed by atoms with E-state index in [0.717, 1.165) is 25.0 Å². The number of rotatable bonds is 9. The molecule has 3 atom stereocenters. The number of allylic oxidation sites excluding steroid dienone is 4. The molecule has 0 radical (unpaired) electrons. The molecule has 154 valence electrons. The van der Waals surface area contributed by atoms with Crippen molar-refractivity contribution in [3.05, 3.63) is 77.3 Å². The summed E-state index contributed by atoms with van der Waals surface area (Å²) in [7, 11) is 4.27. The van der Waals surface area contributed by atoms with E-state index in [2.05, 4.69) is 67.2 Å². The van der Waals surface area contributed by atoms with E-state index >= 15 is 0 Å². The number of nitroso groups, excluding NO2 is 1. The van der Waals surface area contributed by atoms with Gasteiger partial charge in [0.25, 0.3) is 0 Å². The normalized spacial score (nSPS) is 21.9. The van der Waals surface area contributed by atoms with Gasteiger partial charge < -0.3 is 4.90 Å². The predicted octanol–water partition coefficient (Wildman–Crippen LogP) is 6.38. The summed E-state index contributed by atoms with van der Waals surface area (Å²) in [6.45, 7) is 11.3. The zero-order valence-corrected chi connectivity index (χ0v) is 18.4. The zero-order valence-electron chi connectivity index (χ0n) is 18.4. The lowest BCUT2D eigenvalue weighted by Crippen LogP contribution is -2.39. The zero-order chi connectivity index (χ0) is 21.0. The maximum atomic E-state index is 11.6. The van der Waals surface area contributed by atoms with E-state index in [1.165, 1.54) is 12.0 Å². The molecule has 1 saturated carbocycles. The van der Waals surface area contributed by atoms with Crippen molar-refractivity contribution in [1.29, 1.82) is 0 Å². The predicted molar refractivity (Wildman–Crippen MR) is 123 cm³/mol. The molecule has 0 spiro atoms. The summed E-state index contributed by atoms with van der Waals surface area (Å²) >= 11 is 0. The molecule has 3 unspecified atom stereocenters. The fraction of sp³-hybridized carbons (Fsp3) is 0.520. The van der Waals surface area contributed by atoms with Crippen LogP contribution in [0.25, 0.3) is 0 Å². The van der Waals surface area contributed by atoms with Crippen LogP contribution in [0.3, 0.4) is 0 Å². The van der Waals surface area contributed by atoms with Crippen LogP contribution in [0.1, 0.15) is 45.6 Å². The van der Waals surface area contributed by atoms with E-state index in [1.54, 1.807) is 0 Å². The van der Waals surface area contributed by atoms with Crippen LogP contribution < -0.4 is 0 Å². The minimum Gasteiger partial charge on any atom is -0.309 e. The summed E-state index contributed by atoms with van der Waals surface area (Å²) < 4.78 is 0. The molecule has 0 bridgehead atoms. The van der Waals surface area contributed by atoms with Gasteiger partial charge in [-0.1, -0.05) is 80.2 Å². The molecular formula is C25H38N2O. The smallest absolute Gasteiger partial charge is 0.0951 e. The van der Waals surface area contributed by atoms with Crippen LogP contribution in [-0.2, 0) is 5.41 Å². The van der Waals surface area contributed by atoms with Gasteiger partial charge in [-0.3, -0.25) is 0 Å². The fourth-order valence-electron chi connectivity index (χ4n) is 4.65. The van der Waals surface area contributed by atoms with Gasteiger partial charge >= 0.3 is 0 Å². The van der Waals surface area contributed by atoms with E-state index in [1.807, 2.05) is 39.0 Å². The molecule has 2 rings (SSSR count). The Kier molecular flexibility index (Phi) is 10.7. The van der Waals surface area contributed by atoms with Gasteiger partial charge in [0.2, 0.25) is 0 Å². The summed E-state index contributed by atoms with van der Waals surface area (Å²) in [6, 6.07) is 10.4. The number of hydrogen-bond acceptors (Lipinski definition) is 3. The minimum atomic E-state index is -0.384. The van der Waals surface area contributed by atoms with Gasteiger partial charge in [0.1, 0.15) is 0 Å². The van der Waals surface area contributed by atoms with E-state index in [-0.39, 0.29) is 12.0 Å². The lowest BCUT2D eigenvalue weighted by atomic mass is 9.64. The first-order chi connectivity index (χ1) is 13.6. The molecule has 1 aliphatic rings. The maximum Gasteiger partial charge on any atom is 0.0951 e. The summed E-state index contributed by atoms with van der Waals surface area (Å²) in [5, 5.41) is 3.43. The molecule has 0 aliphatic heterocycles. The highest BCUT2D eigenvalue weighted by Crippen LogP contribution is 2.49. The molecule has 3 nitrogen and oxygen atoms in total. The highest BCUT2D eigenvalue weighted by Gasteiger charge is 2.46. The van der Waals surface area contributed by atoms with Crippen LogP contribution in [0.2, 0.25) is 0 Å². The minimum absolute atomic E-state index is 0.264. The quantitative estimate of drug-likeness (QED) is 0.366. The van der Waals surface area contributed by atoms with Gasteiger partial charge in [-0.05, 0) is 63.3 Å². The Labute approximate surface area is 172 Å². The first-order valence-corrected chi connectivity index (χ1v) is 10.5. The average molecular weight is 383 g/mol. The molecule has 1 aromatic rings. The molecule has 0 N–H and O–H groups in total. The van der Waals surface area contributed by atoms with Crippen molar-refractivity contribution in [2.45, 2.75) is 45.4 Å². The molecule has 1 aliphatic carbocycles. The van der Waals surface area contributed by atoms with Crippen molar-refractivity contribution in [3.63, 3.8) is 0 Å². The molecule has 0 saturated heterocycles. The van der Waals surface area contributed by atoms with Gasteiger partial charge in [-0.2, -0.15) is 4.91 Å². The summed E-state index contributed by atoms with van der Waals surface area (Å²) in [5.41, 5.74) is 1.93. The molecule has 0 aromatic heterocycles. The Morgan fingerprint density at radius 2 is 1.93 bits per heavy atom. The van der Waals surface area contributed by atoms with Gasteiger partial charge in [0, 0.05) is 12.0 Å². The van der Waals surface area contributed by atoms with Crippen LogP contribution in [0.5, 0.6) is 0 Å². The highest BCUT2D eigenvalue weighted by molar-refractivity contribution is 5.45. The SMILES string of the molecule is C=C/C=C(\C=C/C)C(CN=O)(c1ccccc1)C1CCC(CN(C)C)C1.CC. The van der Waals surface area contributed by atoms with E-state index in [4.69, 9.17) is 0 Å². The Hall–Kier alpha value is -2.00. The first kappa shape index (κ1) is 24.0. The molecule has 0 amide bonds. The monoisotopic (exact) mass is 382 g/mol. The third-order valence-electron chi connectivity index (χ3n) is 5.62. The molecule has 1 aromatic carbocycles. The third-order valence-corrected chi connectivity index (χ3v) is 5.62.